The maximum absolute atomic E-state index is 5.82. The number of hydrogen-bond acceptors (Lipinski definition) is 3. The number of nitrogens with two attached hydrogens (primary N) is 1. The van der Waals surface area contributed by atoms with Gasteiger partial charge in [0.1, 0.15) is 5.69 Å². The molecule has 6 nitrogen and oxygen atoms in total. The first-order chi connectivity index (χ1) is 8.69. The molecular weight excluding hydrogens is 228 g/mol. The Morgan fingerprint density at radius 2 is 2.28 bits per heavy atom. The van der Waals surface area contributed by atoms with Crippen molar-refractivity contribution in [3.05, 3.63) is 11.4 Å². The van der Waals surface area contributed by atoms with Gasteiger partial charge in [0, 0.05) is 6.54 Å². The Morgan fingerprint density at radius 3 is 2.83 bits per heavy atom. The topological polar surface area (TPSA) is 81.1 Å². The molecule has 0 spiro atoms. The van der Waals surface area contributed by atoms with Crippen molar-refractivity contribution < 1.29 is 0 Å². The van der Waals surface area contributed by atoms with Crippen molar-refractivity contribution in [2.45, 2.75) is 46.2 Å². The minimum absolute atomic E-state index is 0.495. The first kappa shape index (κ1) is 12.9. The molecule has 0 aromatic carbocycles. The zero-order valence-electron chi connectivity index (χ0n) is 11.2. The van der Waals surface area contributed by atoms with E-state index >= 15 is 0 Å². The van der Waals surface area contributed by atoms with Crippen LogP contribution >= 0.6 is 0 Å². The third-order valence-corrected chi connectivity index (χ3v) is 3.40. The first-order valence-electron chi connectivity index (χ1n) is 6.63. The molecule has 2 rings (SSSR count). The minimum Gasteiger partial charge on any atom is -0.370 e. The molecule has 0 saturated heterocycles. The van der Waals surface area contributed by atoms with Crippen LogP contribution in [0.15, 0.2) is 4.99 Å². The molecule has 0 bridgehead atoms. The van der Waals surface area contributed by atoms with Crippen LogP contribution in [0.2, 0.25) is 0 Å². The van der Waals surface area contributed by atoms with E-state index < -0.39 is 0 Å². The molecule has 3 N–H and O–H groups in total. The molecule has 1 heterocycles. The number of guanidine groups is 1. The Bertz CT molecular complexity index is 418. The van der Waals surface area contributed by atoms with Crippen LogP contribution in [-0.4, -0.2) is 27.5 Å². The average molecular weight is 250 g/mol. The van der Waals surface area contributed by atoms with Gasteiger partial charge < -0.3 is 11.1 Å². The Kier molecular flexibility index (Phi) is 4.17. The molecule has 0 aliphatic heterocycles. The molecule has 6 heteroatoms. The average Bonchev–Trinajstić information content (AvgIpc) is 2.65. The molecule has 1 aliphatic carbocycles. The molecule has 1 aromatic rings. The third kappa shape index (κ3) is 3.21. The summed E-state index contributed by atoms with van der Waals surface area (Å²) in [4.78, 5) is 5.98. The van der Waals surface area contributed by atoms with Gasteiger partial charge in [0.05, 0.1) is 18.8 Å². The largest absolute Gasteiger partial charge is 0.370 e. The Hall–Kier alpha value is -1.59. The van der Waals surface area contributed by atoms with E-state index in [0.717, 1.165) is 30.4 Å². The second-order valence-corrected chi connectivity index (χ2v) is 4.80. The first-order valence-corrected chi connectivity index (χ1v) is 6.63. The zero-order valence-corrected chi connectivity index (χ0v) is 11.2. The summed E-state index contributed by atoms with van der Waals surface area (Å²) >= 11 is 0. The van der Waals surface area contributed by atoms with Gasteiger partial charge >= 0.3 is 0 Å². The number of aliphatic imine (C=N–C) groups is 1. The maximum Gasteiger partial charge on any atom is 0.188 e. The van der Waals surface area contributed by atoms with Crippen molar-refractivity contribution in [2.24, 2.45) is 16.6 Å². The number of hydrogen-bond donors (Lipinski definition) is 2. The summed E-state index contributed by atoms with van der Waals surface area (Å²) in [6.45, 7) is 6.17. The van der Waals surface area contributed by atoms with Crippen LogP contribution in [0.5, 0.6) is 0 Å². The van der Waals surface area contributed by atoms with Gasteiger partial charge in [-0.1, -0.05) is 6.42 Å². The van der Waals surface area contributed by atoms with Gasteiger partial charge in [-0.25, -0.2) is 4.99 Å². The van der Waals surface area contributed by atoms with E-state index in [9.17, 15) is 0 Å². The highest BCUT2D eigenvalue weighted by Gasteiger charge is 2.16. The van der Waals surface area contributed by atoms with Crippen LogP contribution in [-0.2, 0) is 13.1 Å². The van der Waals surface area contributed by atoms with Gasteiger partial charge in [0.25, 0.3) is 0 Å². The van der Waals surface area contributed by atoms with E-state index in [4.69, 9.17) is 5.73 Å². The molecule has 18 heavy (non-hydrogen) atoms. The highest BCUT2D eigenvalue weighted by Crippen LogP contribution is 2.24. The number of aromatic nitrogens is 3. The van der Waals surface area contributed by atoms with Crippen molar-refractivity contribution in [3.8, 4) is 0 Å². The highest BCUT2D eigenvalue weighted by molar-refractivity contribution is 5.77. The van der Waals surface area contributed by atoms with Crippen LogP contribution in [0.1, 0.15) is 37.6 Å². The van der Waals surface area contributed by atoms with Crippen LogP contribution < -0.4 is 11.1 Å². The van der Waals surface area contributed by atoms with Crippen LogP contribution in [0.25, 0.3) is 0 Å². The van der Waals surface area contributed by atoms with Gasteiger partial charge in [-0.05, 0) is 32.6 Å². The molecule has 0 amide bonds. The standard InChI is InChI=1S/C12H22N6/c1-3-18-16-9(2)11(17-18)8-15-12(13)14-7-10-5-4-6-10/h10H,3-8H2,1-2H3,(H3,13,14,15). The summed E-state index contributed by atoms with van der Waals surface area (Å²) < 4.78 is 0. The fourth-order valence-electron chi connectivity index (χ4n) is 1.91. The summed E-state index contributed by atoms with van der Waals surface area (Å²) in [6.07, 6.45) is 3.97. The lowest BCUT2D eigenvalue weighted by Gasteiger charge is -2.25. The Balaban J connectivity index is 1.82. The number of nitrogens with one attached hydrogen (secondary N) is 1. The number of nitrogens with zero attached hydrogens (tertiary/aromatic N) is 4. The van der Waals surface area contributed by atoms with Gasteiger partial charge in [-0.15, -0.1) is 0 Å². The van der Waals surface area contributed by atoms with Gasteiger partial charge in [0.2, 0.25) is 0 Å². The monoisotopic (exact) mass is 250 g/mol. The third-order valence-electron chi connectivity index (χ3n) is 3.40. The molecule has 0 radical (unpaired) electrons. The fourth-order valence-corrected chi connectivity index (χ4v) is 1.91. The molecule has 1 fully saturated rings. The number of aryl methyl sites for hydroxylation is 2. The van der Waals surface area contributed by atoms with E-state index in [0.29, 0.717) is 12.5 Å². The summed E-state index contributed by atoms with van der Waals surface area (Å²) in [6, 6.07) is 0. The zero-order chi connectivity index (χ0) is 13.0. The fraction of sp³-hybridized carbons (Fsp3) is 0.750. The molecule has 1 aliphatic rings. The van der Waals surface area contributed by atoms with E-state index in [1.165, 1.54) is 19.3 Å². The normalized spacial score (nSPS) is 16.7. The van der Waals surface area contributed by atoms with Gasteiger partial charge in [-0.3, -0.25) is 0 Å². The summed E-state index contributed by atoms with van der Waals surface area (Å²) in [7, 11) is 0. The van der Waals surface area contributed by atoms with Crippen molar-refractivity contribution in [1.29, 1.82) is 0 Å². The van der Waals surface area contributed by atoms with E-state index in [-0.39, 0.29) is 0 Å². The SMILES string of the molecule is CCn1nc(C)c(CN=C(N)NCC2CCC2)n1. The van der Waals surface area contributed by atoms with Gasteiger partial charge in [0.15, 0.2) is 5.96 Å². The van der Waals surface area contributed by atoms with Crippen molar-refractivity contribution in [1.82, 2.24) is 20.3 Å². The second kappa shape index (κ2) is 5.84. The predicted octanol–water partition coefficient (Wildman–Crippen LogP) is 0.811. The lowest BCUT2D eigenvalue weighted by molar-refractivity contribution is 0.315. The van der Waals surface area contributed by atoms with Crippen molar-refractivity contribution >= 4 is 5.96 Å². The number of rotatable bonds is 5. The Labute approximate surface area is 108 Å². The van der Waals surface area contributed by atoms with Crippen molar-refractivity contribution in [3.63, 3.8) is 0 Å². The van der Waals surface area contributed by atoms with Crippen LogP contribution in [0.3, 0.4) is 0 Å². The maximum atomic E-state index is 5.82. The lowest BCUT2D eigenvalue weighted by Crippen LogP contribution is -2.37. The Morgan fingerprint density at radius 1 is 1.50 bits per heavy atom. The van der Waals surface area contributed by atoms with Gasteiger partial charge in [-0.2, -0.15) is 15.0 Å². The second-order valence-electron chi connectivity index (χ2n) is 4.80. The van der Waals surface area contributed by atoms with Crippen LogP contribution in [0.4, 0.5) is 0 Å². The molecule has 1 saturated carbocycles. The predicted molar refractivity (Wildman–Crippen MR) is 71.1 cm³/mol. The molecule has 0 unspecified atom stereocenters. The summed E-state index contributed by atoms with van der Waals surface area (Å²) in [5.41, 5.74) is 7.64. The van der Waals surface area contributed by atoms with E-state index in [2.05, 4.69) is 20.5 Å². The quantitative estimate of drug-likeness (QED) is 0.598. The highest BCUT2D eigenvalue weighted by atomic mass is 15.5. The molecular formula is C12H22N6. The van der Waals surface area contributed by atoms with E-state index in [1.54, 1.807) is 4.80 Å². The summed E-state index contributed by atoms with van der Waals surface area (Å²) in [5, 5.41) is 11.8. The lowest BCUT2D eigenvalue weighted by atomic mass is 9.85. The summed E-state index contributed by atoms with van der Waals surface area (Å²) in [5.74, 6) is 1.29. The molecule has 1 aromatic heterocycles. The molecule has 100 valence electrons. The van der Waals surface area contributed by atoms with Crippen LogP contribution in [0, 0.1) is 12.8 Å². The smallest absolute Gasteiger partial charge is 0.188 e. The minimum atomic E-state index is 0.495. The van der Waals surface area contributed by atoms with E-state index in [1.807, 2.05) is 13.8 Å². The molecule has 0 atom stereocenters. The van der Waals surface area contributed by atoms with Crippen molar-refractivity contribution in [2.75, 3.05) is 6.54 Å².